The van der Waals surface area contributed by atoms with E-state index in [9.17, 15) is 0 Å². The van der Waals surface area contributed by atoms with Crippen LogP contribution < -0.4 is 15.8 Å². The van der Waals surface area contributed by atoms with Gasteiger partial charge in [0.25, 0.3) is 0 Å². The Morgan fingerprint density at radius 1 is 1.43 bits per heavy atom. The molecule has 1 rings (SSSR count). The van der Waals surface area contributed by atoms with Crippen molar-refractivity contribution in [3.8, 4) is 5.75 Å². The highest BCUT2D eigenvalue weighted by atomic mass is 16.5. The third-order valence-corrected chi connectivity index (χ3v) is 2.05. The van der Waals surface area contributed by atoms with Gasteiger partial charge in [0, 0.05) is 23.9 Å². The summed E-state index contributed by atoms with van der Waals surface area (Å²) in [6.45, 7) is 4.00. The van der Waals surface area contributed by atoms with Crippen LogP contribution in [0.2, 0.25) is 0 Å². The van der Waals surface area contributed by atoms with Gasteiger partial charge in [0.2, 0.25) is 0 Å². The van der Waals surface area contributed by atoms with E-state index in [0.717, 1.165) is 36.5 Å². The van der Waals surface area contributed by atoms with Crippen LogP contribution in [-0.4, -0.2) is 13.7 Å². The number of ether oxygens (including phenoxy) is 1. The van der Waals surface area contributed by atoms with Crippen molar-refractivity contribution < 1.29 is 4.74 Å². The van der Waals surface area contributed by atoms with Crippen LogP contribution in [0, 0.1) is 0 Å². The van der Waals surface area contributed by atoms with E-state index in [4.69, 9.17) is 10.5 Å². The molecule has 3 heteroatoms. The first-order chi connectivity index (χ1) is 6.77. The molecule has 0 saturated heterocycles. The van der Waals surface area contributed by atoms with Crippen LogP contribution in [0.15, 0.2) is 18.2 Å². The van der Waals surface area contributed by atoms with E-state index in [0.29, 0.717) is 0 Å². The summed E-state index contributed by atoms with van der Waals surface area (Å²) in [4.78, 5) is 0. The fraction of sp³-hybridized carbons (Fsp3) is 0.455. The Labute approximate surface area is 85.3 Å². The zero-order chi connectivity index (χ0) is 10.4. The van der Waals surface area contributed by atoms with Gasteiger partial charge in [-0.2, -0.15) is 0 Å². The van der Waals surface area contributed by atoms with E-state index >= 15 is 0 Å². The van der Waals surface area contributed by atoms with Gasteiger partial charge in [-0.25, -0.2) is 0 Å². The maximum absolute atomic E-state index is 5.66. The molecular weight excluding hydrogens is 176 g/mol. The van der Waals surface area contributed by atoms with Gasteiger partial charge in [-0.3, -0.25) is 0 Å². The van der Waals surface area contributed by atoms with Crippen molar-refractivity contribution in [1.29, 1.82) is 0 Å². The maximum atomic E-state index is 5.66. The summed E-state index contributed by atoms with van der Waals surface area (Å²) in [6, 6.07) is 5.74. The Bertz CT molecular complexity index is 287. The average molecular weight is 194 g/mol. The fourth-order valence-corrected chi connectivity index (χ4v) is 1.31. The largest absolute Gasteiger partial charge is 0.496 e. The number of hydrogen-bond donors (Lipinski definition) is 2. The first-order valence-corrected chi connectivity index (χ1v) is 4.91. The van der Waals surface area contributed by atoms with Crippen molar-refractivity contribution in [2.75, 3.05) is 19.4 Å². The van der Waals surface area contributed by atoms with E-state index in [1.807, 2.05) is 18.2 Å². The van der Waals surface area contributed by atoms with Gasteiger partial charge >= 0.3 is 0 Å². The van der Waals surface area contributed by atoms with Crippen molar-refractivity contribution in [3.05, 3.63) is 23.8 Å². The molecule has 0 aromatic heterocycles. The predicted molar refractivity (Wildman–Crippen MR) is 59.4 cm³/mol. The minimum Gasteiger partial charge on any atom is -0.496 e. The Kier molecular flexibility index (Phi) is 4.26. The third-order valence-electron chi connectivity index (χ3n) is 2.05. The lowest BCUT2D eigenvalue weighted by Gasteiger charge is -2.09. The number of nitrogens with one attached hydrogen (secondary N) is 1. The molecule has 0 heterocycles. The number of nitrogen functional groups attached to an aromatic ring is 1. The van der Waals surface area contributed by atoms with Crippen LogP contribution in [0.5, 0.6) is 5.75 Å². The Morgan fingerprint density at radius 3 is 2.86 bits per heavy atom. The van der Waals surface area contributed by atoms with Gasteiger partial charge in [0.05, 0.1) is 7.11 Å². The summed E-state index contributed by atoms with van der Waals surface area (Å²) < 4.78 is 5.24. The number of methoxy groups -OCH3 is 1. The number of hydrogen-bond acceptors (Lipinski definition) is 3. The second kappa shape index (κ2) is 5.50. The minimum absolute atomic E-state index is 0.737. The highest BCUT2D eigenvalue weighted by Crippen LogP contribution is 2.20. The molecule has 1 aromatic carbocycles. The zero-order valence-corrected chi connectivity index (χ0v) is 8.84. The Hall–Kier alpha value is -1.22. The molecule has 0 aliphatic carbocycles. The molecule has 0 amide bonds. The lowest BCUT2D eigenvalue weighted by Crippen LogP contribution is -2.14. The van der Waals surface area contributed by atoms with E-state index in [1.165, 1.54) is 0 Å². The predicted octanol–water partition coefficient (Wildman–Crippen LogP) is 1.78. The molecule has 0 saturated carbocycles. The SMILES string of the molecule is CCCNCc1ccc(N)cc1OC. The van der Waals surface area contributed by atoms with Crippen molar-refractivity contribution in [3.63, 3.8) is 0 Å². The van der Waals surface area contributed by atoms with Gasteiger partial charge < -0.3 is 15.8 Å². The monoisotopic (exact) mass is 194 g/mol. The van der Waals surface area contributed by atoms with Gasteiger partial charge in [-0.15, -0.1) is 0 Å². The highest BCUT2D eigenvalue weighted by Gasteiger charge is 2.01. The van der Waals surface area contributed by atoms with E-state index in [-0.39, 0.29) is 0 Å². The number of benzene rings is 1. The highest BCUT2D eigenvalue weighted by molar-refractivity contribution is 5.48. The Balaban J connectivity index is 2.65. The summed E-state index contributed by atoms with van der Waals surface area (Å²) in [6.07, 6.45) is 1.14. The average Bonchev–Trinajstić information content (AvgIpc) is 2.20. The van der Waals surface area contributed by atoms with Gasteiger partial charge in [0.1, 0.15) is 5.75 Å². The number of rotatable bonds is 5. The minimum atomic E-state index is 0.737. The van der Waals surface area contributed by atoms with Crippen LogP contribution in [0.3, 0.4) is 0 Å². The van der Waals surface area contributed by atoms with Crippen molar-refractivity contribution in [2.45, 2.75) is 19.9 Å². The van der Waals surface area contributed by atoms with Gasteiger partial charge in [0.15, 0.2) is 0 Å². The summed E-state index contributed by atoms with van der Waals surface area (Å²) >= 11 is 0. The van der Waals surface area contributed by atoms with E-state index in [1.54, 1.807) is 7.11 Å². The molecule has 78 valence electrons. The molecule has 0 unspecified atom stereocenters. The zero-order valence-electron chi connectivity index (χ0n) is 8.84. The summed E-state index contributed by atoms with van der Waals surface area (Å²) in [5.41, 5.74) is 7.54. The molecule has 0 aliphatic heterocycles. The van der Waals surface area contributed by atoms with Gasteiger partial charge in [-0.1, -0.05) is 13.0 Å². The molecule has 0 radical (unpaired) electrons. The summed E-state index contributed by atoms with van der Waals surface area (Å²) in [5.74, 6) is 0.855. The smallest absolute Gasteiger partial charge is 0.125 e. The van der Waals surface area contributed by atoms with E-state index < -0.39 is 0 Å². The fourth-order valence-electron chi connectivity index (χ4n) is 1.31. The molecule has 14 heavy (non-hydrogen) atoms. The van der Waals surface area contributed by atoms with E-state index in [2.05, 4.69) is 12.2 Å². The number of anilines is 1. The first kappa shape index (κ1) is 10.9. The molecule has 3 N–H and O–H groups in total. The van der Waals surface area contributed by atoms with Crippen LogP contribution in [0.4, 0.5) is 5.69 Å². The second-order valence-electron chi connectivity index (χ2n) is 3.25. The first-order valence-electron chi connectivity index (χ1n) is 4.91. The third kappa shape index (κ3) is 2.92. The van der Waals surface area contributed by atoms with Crippen LogP contribution in [0.25, 0.3) is 0 Å². The standard InChI is InChI=1S/C11H18N2O/c1-3-6-13-8-9-4-5-10(12)7-11(9)14-2/h4-5,7,13H,3,6,8,12H2,1-2H3. The van der Waals surface area contributed by atoms with Crippen molar-refractivity contribution >= 4 is 5.69 Å². The molecule has 0 bridgehead atoms. The number of nitrogens with two attached hydrogens (primary N) is 1. The molecule has 3 nitrogen and oxygen atoms in total. The quantitative estimate of drug-likeness (QED) is 0.555. The lowest BCUT2D eigenvalue weighted by atomic mass is 10.2. The van der Waals surface area contributed by atoms with Crippen molar-refractivity contribution in [1.82, 2.24) is 5.32 Å². The molecular formula is C11H18N2O. The van der Waals surface area contributed by atoms with Crippen molar-refractivity contribution in [2.24, 2.45) is 0 Å². The van der Waals surface area contributed by atoms with Crippen LogP contribution in [0.1, 0.15) is 18.9 Å². The molecule has 1 aromatic rings. The van der Waals surface area contributed by atoms with Gasteiger partial charge in [-0.05, 0) is 19.0 Å². The lowest BCUT2D eigenvalue weighted by molar-refractivity contribution is 0.408. The normalized spacial score (nSPS) is 10.1. The molecule has 0 spiro atoms. The molecule has 0 aliphatic rings. The maximum Gasteiger partial charge on any atom is 0.125 e. The topological polar surface area (TPSA) is 47.3 Å². The Morgan fingerprint density at radius 2 is 2.21 bits per heavy atom. The molecule has 0 fully saturated rings. The summed E-state index contributed by atoms with van der Waals surface area (Å²) in [7, 11) is 1.66. The summed E-state index contributed by atoms with van der Waals surface area (Å²) in [5, 5.41) is 3.32. The van der Waals surface area contributed by atoms with Crippen LogP contribution >= 0.6 is 0 Å². The van der Waals surface area contributed by atoms with Crippen LogP contribution in [-0.2, 0) is 6.54 Å². The molecule has 0 atom stereocenters. The second-order valence-corrected chi connectivity index (χ2v) is 3.25.